The molecule has 1 aliphatic heterocycles. The summed E-state index contributed by atoms with van der Waals surface area (Å²) in [6.45, 7) is 4.02. The fourth-order valence-electron chi connectivity index (χ4n) is 1.47. The van der Waals surface area contributed by atoms with E-state index in [0.29, 0.717) is 10.9 Å². The van der Waals surface area contributed by atoms with Gasteiger partial charge in [-0.1, -0.05) is 11.6 Å². The van der Waals surface area contributed by atoms with Crippen molar-refractivity contribution in [2.75, 3.05) is 6.61 Å². The number of thiophene rings is 1. The van der Waals surface area contributed by atoms with Crippen molar-refractivity contribution in [1.29, 1.82) is 0 Å². The van der Waals surface area contributed by atoms with Crippen LogP contribution < -0.4 is 0 Å². The first-order chi connectivity index (χ1) is 7.08. The summed E-state index contributed by atoms with van der Waals surface area (Å²) < 4.78 is 11.0. The smallest absolute Gasteiger partial charge is 0.338 e. The first-order valence-electron chi connectivity index (χ1n) is 4.68. The number of carbonyl (C=O) groups is 1. The lowest BCUT2D eigenvalue weighted by atomic mass is 10.1. The van der Waals surface area contributed by atoms with Crippen LogP contribution in [0.1, 0.15) is 18.7 Å². The summed E-state index contributed by atoms with van der Waals surface area (Å²) in [5.41, 5.74) is -0.538. The predicted molar refractivity (Wildman–Crippen MR) is 58.2 cm³/mol. The Morgan fingerprint density at radius 3 is 3.00 bits per heavy atom. The Hall–Kier alpha value is -0.580. The van der Waals surface area contributed by atoms with E-state index in [-0.39, 0.29) is 5.97 Å². The van der Waals surface area contributed by atoms with Gasteiger partial charge >= 0.3 is 5.97 Å². The maximum absolute atomic E-state index is 11.4. The van der Waals surface area contributed by atoms with Crippen LogP contribution in [-0.4, -0.2) is 18.7 Å². The third-order valence-corrected chi connectivity index (χ3v) is 3.82. The van der Waals surface area contributed by atoms with Gasteiger partial charge in [0, 0.05) is 4.88 Å². The summed E-state index contributed by atoms with van der Waals surface area (Å²) in [5.74, 6) is -0.301. The van der Waals surface area contributed by atoms with Crippen molar-refractivity contribution in [3.05, 3.63) is 21.3 Å². The van der Waals surface area contributed by atoms with Crippen molar-refractivity contribution in [1.82, 2.24) is 0 Å². The third kappa shape index (κ3) is 1.89. The highest BCUT2D eigenvalue weighted by molar-refractivity contribution is 7.16. The maximum atomic E-state index is 11.4. The molecule has 1 aliphatic rings. The molecule has 2 rings (SSSR count). The van der Waals surface area contributed by atoms with Gasteiger partial charge in [-0.2, -0.15) is 0 Å². The zero-order chi connectivity index (χ0) is 11.1. The van der Waals surface area contributed by atoms with Crippen LogP contribution in [0, 0.1) is 0 Å². The van der Waals surface area contributed by atoms with Gasteiger partial charge in [0.1, 0.15) is 5.60 Å². The van der Waals surface area contributed by atoms with E-state index in [9.17, 15) is 4.79 Å². The number of halogens is 1. The molecule has 2 atom stereocenters. The highest BCUT2D eigenvalue weighted by Gasteiger charge is 2.60. The molecule has 82 valence electrons. The number of carbonyl (C=O) groups excluding carboxylic acids is 1. The highest BCUT2D eigenvalue weighted by Crippen LogP contribution is 2.49. The molecule has 1 fully saturated rings. The first-order valence-corrected chi connectivity index (χ1v) is 5.87. The van der Waals surface area contributed by atoms with E-state index in [4.69, 9.17) is 21.1 Å². The molecule has 0 amide bonds. The van der Waals surface area contributed by atoms with Gasteiger partial charge in [-0.05, 0) is 26.0 Å². The van der Waals surface area contributed by atoms with E-state index in [1.165, 1.54) is 11.3 Å². The lowest BCUT2D eigenvalue weighted by Gasteiger charge is -2.02. The summed E-state index contributed by atoms with van der Waals surface area (Å²) in [5, 5.41) is 0. The van der Waals surface area contributed by atoms with Crippen LogP contribution in [0.4, 0.5) is 0 Å². The molecule has 0 saturated carbocycles. The summed E-state index contributed by atoms with van der Waals surface area (Å²) in [7, 11) is 0. The number of hydrogen-bond donors (Lipinski definition) is 0. The summed E-state index contributed by atoms with van der Waals surface area (Å²) in [6.07, 6.45) is -0.479. The first kappa shape index (κ1) is 10.9. The summed E-state index contributed by atoms with van der Waals surface area (Å²) in [6, 6.07) is 3.68. The Balaban J connectivity index is 2.09. The van der Waals surface area contributed by atoms with E-state index in [1.807, 2.05) is 13.0 Å². The van der Waals surface area contributed by atoms with Gasteiger partial charge < -0.3 is 9.47 Å². The minimum absolute atomic E-state index is 0.301. The van der Waals surface area contributed by atoms with E-state index >= 15 is 0 Å². The van der Waals surface area contributed by atoms with Crippen molar-refractivity contribution < 1.29 is 14.3 Å². The normalized spacial score (nSPS) is 28.9. The Morgan fingerprint density at radius 2 is 2.47 bits per heavy atom. The lowest BCUT2D eigenvalue weighted by molar-refractivity contribution is -0.144. The van der Waals surface area contributed by atoms with Crippen LogP contribution in [0.5, 0.6) is 0 Å². The van der Waals surface area contributed by atoms with Gasteiger partial charge in [-0.25, -0.2) is 4.79 Å². The molecule has 1 aromatic heterocycles. The molecule has 3 nitrogen and oxygen atoms in total. The van der Waals surface area contributed by atoms with E-state index < -0.39 is 11.7 Å². The van der Waals surface area contributed by atoms with Crippen molar-refractivity contribution in [2.45, 2.75) is 25.6 Å². The molecule has 5 heteroatoms. The molecular weight excluding hydrogens is 236 g/mol. The second kappa shape index (κ2) is 3.77. The second-order valence-corrected chi connectivity index (χ2v) is 5.18. The molecule has 1 saturated heterocycles. The van der Waals surface area contributed by atoms with E-state index in [2.05, 4.69) is 0 Å². The summed E-state index contributed by atoms with van der Waals surface area (Å²) >= 11 is 7.26. The molecular formula is C10H11ClO3S. The zero-order valence-corrected chi connectivity index (χ0v) is 10.0. The molecule has 0 radical (unpaired) electrons. The SMILES string of the molecule is CCOC(=O)C1OC1(C)c1ccc(Cl)s1. The monoisotopic (exact) mass is 246 g/mol. The minimum Gasteiger partial charge on any atom is -0.464 e. The van der Waals surface area contributed by atoms with E-state index in [0.717, 1.165) is 4.88 Å². The lowest BCUT2D eigenvalue weighted by Crippen LogP contribution is -2.18. The number of hydrogen-bond acceptors (Lipinski definition) is 4. The fourth-order valence-corrected chi connectivity index (χ4v) is 2.62. The second-order valence-electron chi connectivity index (χ2n) is 3.46. The minimum atomic E-state index is -0.538. The van der Waals surface area contributed by atoms with Crippen molar-refractivity contribution in [2.24, 2.45) is 0 Å². The van der Waals surface area contributed by atoms with Crippen LogP contribution >= 0.6 is 22.9 Å². The standard InChI is InChI=1S/C10H11ClO3S/c1-3-13-9(12)8-10(2,14-8)6-4-5-7(11)15-6/h4-5,8H,3H2,1-2H3. The third-order valence-electron chi connectivity index (χ3n) is 2.37. The van der Waals surface area contributed by atoms with E-state index in [1.54, 1.807) is 13.0 Å². The topological polar surface area (TPSA) is 38.8 Å². The fraction of sp³-hybridized carbons (Fsp3) is 0.500. The quantitative estimate of drug-likeness (QED) is 0.608. The van der Waals surface area contributed by atoms with Gasteiger partial charge in [-0.15, -0.1) is 11.3 Å². The molecule has 0 aromatic carbocycles. The summed E-state index contributed by atoms with van der Waals surface area (Å²) in [4.78, 5) is 12.4. The molecule has 0 N–H and O–H groups in total. The maximum Gasteiger partial charge on any atom is 0.338 e. The van der Waals surface area contributed by atoms with Crippen LogP contribution in [0.15, 0.2) is 12.1 Å². The van der Waals surface area contributed by atoms with Crippen molar-refractivity contribution in [3.8, 4) is 0 Å². The molecule has 0 spiro atoms. The van der Waals surface area contributed by atoms with Crippen LogP contribution in [-0.2, 0) is 19.9 Å². The Bertz CT molecular complexity index is 390. The molecule has 15 heavy (non-hydrogen) atoms. The van der Waals surface area contributed by atoms with Crippen LogP contribution in [0.3, 0.4) is 0 Å². The van der Waals surface area contributed by atoms with Crippen LogP contribution in [0.25, 0.3) is 0 Å². The number of esters is 1. The molecule has 0 aliphatic carbocycles. The van der Waals surface area contributed by atoms with Gasteiger partial charge in [0.15, 0.2) is 6.10 Å². The van der Waals surface area contributed by atoms with Crippen molar-refractivity contribution >= 4 is 28.9 Å². The Kier molecular flexibility index (Phi) is 2.75. The molecule has 2 heterocycles. The van der Waals surface area contributed by atoms with Crippen molar-refractivity contribution in [3.63, 3.8) is 0 Å². The molecule has 0 bridgehead atoms. The Labute approximate surface area is 96.9 Å². The average molecular weight is 247 g/mol. The van der Waals surface area contributed by atoms with Gasteiger partial charge in [0.05, 0.1) is 10.9 Å². The largest absolute Gasteiger partial charge is 0.464 e. The molecule has 2 unspecified atom stereocenters. The van der Waals surface area contributed by atoms with Crippen LogP contribution in [0.2, 0.25) is 4.34 Å². The number of ether oxygens (including phenoxy) is 2. The number of rotatable bonds is 3. The zero-order valence-electron chi connectivity index (χ0n) is 8.45. The van der Waals surface area contributed by atoms with Gasteiger partial charge in [0.2, 0.25) is 0 Å². The van der Waals surface area contributed by atoms with Gasteiger partial charge in [-0.3, -0.25) is 0 Å². The number of epoxide rings is 1. The van der Waals surface area contributed by atoms with Gasteiger partial charge in [0.25, 0.3) is 0 Å². The predicted octanol–water partition coefficient (Wildman–Crippen LogP) is 2.58. The Morgan fingerprint density at radius 1 is 1.73 bits per heavy atom. The average Bonchev–Trinajstić information content (AvgIpc) is 2.67. The highest BCUT2D eigenvalue weighted by atomic mass is 35.5. The molecule has 1 aromatic rings.